The van der Waals surface area contributed by atoms with Gasteiger partial charge in [-0.1, -0.05) is 18.2 Å². The summed E-state index contributed by atoms with van der Waals surface area (Å²) in [6.45, 7) is 2.60. The normalized spacial score (nSPS) is 16.3. The smallest absolute Gasteiger partial charge is 0.315 e. The van der Waals surface area contributed by atoms with Crippen LogP contribution in [-0.4, -0.2) is 29.9 Å². The highest BCUT2D eigenvalue weighted by molar-refractivity contribution is 5.73. The highest BCUT2D eigenvalue weighted by Crippen LogP contribution is 2.26. The summed E-state index contributed by atoms with van der Waals surface area (Å²) in [5.41, 5.74) is 0.986. The monoisotopic (exact) mass is 306 g/mol. The molecule has 1 unspecified atom stereocenters. The quantitative estimate of drug-likeness (QED) is 0.725. The van der Waals surface area contributed by atoms with Crippen LogP contribution >= 0.6 is 0 Å². The first-order chi connectivity index (χ1) is 10.6. The first-order valence-electron chi connectivity index (χ1n) is 8.09. The van der Waals surface area contributed by atoms with Crippen molar-refractivity contribution in [1.82, 2.24) is 10.6 Å². The predicted octanol–water partition coefficient (Wildman–Crippen LogP) is 2.58. The van der Waals surface area contributed by atoms with E-state index in [2.05, 4.69) is 10.6 Å². The second-order valence-corrected chi connectivity index (χ2v) is 5.88. The maximum absolute atomic E-state index is 11.7. The standard InChI is InChI=1S/C17H26N2O3/c1-13(20)10-11-18-17(21)19-12-14-6-2-5-9-16(14)22-15-7-3-4-8-15/h2,5-6,9,13,15,20H,3-4,7-8,10-12H2,1H3,(H2,18,19,21). The molecular weight excluding hydrogens is 280 g/mol. The zero-order chi connectivity index (χ0) is 15.8. The molecule has 22 heavy (non-hydrogen) atoms. The van der Waals surface area contributed by atoms with Crippen LogP contribution in [0.5, 0.6) is 5.75 Å². The Morgan fingerprint density at radius 2 is 2.05 bits per heavy atom. The first kappa shape index (κ1) is 16.6. The van der Waals surface area contributed by atoms with E-state index in [0.717, 1.165) is 24.2 Å². The molecule has 5 heteroatoms. The molecule has 1 atom stereocenters. The van der Waals surface area contributed by atoms with Crippen LogP contribution in [0.25, 0.3) is 0 Å². The van der Waals surface area contributed by atoms with E-state index in [1.165, 1.54) is 12.8 Å². The average Bonchev–Trinajstić information content (AvgIpc) is 2.99. The highest BCUT2D eigenvalue weighted by Gasteiger charge is 2.17. The van der Waals surface area contributed by atoms with E-state index < -0.39 is 6.10 Å². The van der Waals surface area contributed by atoms with Gasteiger partial charge in [0.05, 0.1) is 12.2 Å². The SMILES string of the molecule is CC(O)CCNC(=O)NCc1ccccc1OC1CCCC1. The molecule has 2 rings (SSSR count). The number of hydrogen-bond acceptors (Lipinski definition) is 3. The number of ether oxygens (including phenoxy) is 1. The van der Waals surface area contributed by atoms with Gasteiger partial charge in [-0.05, 0) is 45.1 Å². The molecule has 1 aromatic carbocycles. The lowest BCUT2D eigenvalue weighted by Gasteiger charge is -2.17. The fraction of sp³-hybridized carbons (Fsp3) is 0.588. The van der Waals surface area contributed by atoms with E-state index in [0.29, 0.717) is 25.6 Å². The summed E-state index contributed by atoms with van der Waals surface area (Å²) >= 11 is 0. The van der Waals surface area contributed by atoms with Gasteiger partial charge in [-0.3, -0.25) is 0 Å². The lowest BCUT2D eigenvalue weighted by Crippen LogP contribution is -2.36. The maximum atomic E-state index is 11.7. The number of hydrogen-bond donors (Lipinski definition) is 3. The van der Waals surface area contributed by atoms with Gasteiger partial charge in [0.15, 0.2) is 0 Å². The molecule has 1 aromatic rings. The Labute approximate surface area is 132 Å². The van der Waals surface area contributed by atoms with Crippen molar-refractivity contribution < 1.29 is 14.6 Å². The zero-order valence-corrected chi connectivity index (χ0v) is 13.2. The number of carbonyl (C=O) groups is 1. The summed E-state index contributed by atoms with van der Waals surface area (Å²) in [5, 5.41) is 14.7. The molecule has 1 aliphatic rings. The van der Waals surface area contributed by atoms with Crippen LogP contribution in [0.4, 0.5) is 4.79 Å². The Kier molecular flexibility index (Phi) is 6.52. The Hall–Kier alpha value is -1.75. The third-order valence-corrected chi connectivity index (χ3v) is 3.86. The van der Waals surface area contributed by atoms with Gasteiger partial charge in [-0.25, -0.2) is 4.79 Å². The van der Waals surface area contributed by atoms with Crippen LogP contribution < -0.4 is 15.4 Å². The summed E-state index contributed by atoms with van der Waals surface area (Å²) in [6.07, 6.45) is 5.15. The van der Waals surface area contributed by atoms with Crippen LogP contribution in [0.2, 0.25) is 0 Å². The lowest BCUT2D eigenvalue weighted by atomic mass is 10.2. The van der Waals surface area contributed by atoms with Crippen molar-refractivity contribution in [2.75, 3.05) is 6.54 Å². The first-order valence-corrected chi connectivity index (χ1v) is 8.09. The van der Waals surface area contributed by atoms with Crippen molar-refractivity contribution in [2.24, 2.45) is 0 Å². The van der Waals surface area contributed by atoms with Gasteiger partial charge in [0.1, 0.15) is 5.75 Å². The van der Waals surface area contributed by atoms with Crippen LogP contribution in [-0.2, 0) is 6.54 Å². The number of para-hydroxylation sites is 1. The summed E-state index contributed by atoms with van der Waals surface area (Å²) < 4.78 is 6.05. The number of aliphatic hydroxyl groups excluding tert-OH is 1. The third kappa shape index (κ3) is 5.56. The molecule has 1 saturated carbocycles. The van der Waals surface area contributed by atoms with Gasteiger partial charge in [0.2, 0.25) is 0 Å². The molecule has 0 saturated heterocycles. The molecule has 0 spiro atoms. The Morgan fingerprint density at radius 3 is 2.77 bits per heavy atom. The molecule has 0 aliphatic heterocycles. The maximum Gasteiger partial charge on any atom is 0.315 e. The topological polar surface area (TPSA) is 70.6 Å². The molecule has 0 bridgehead atoms. The molecule has 122 valence electrons. The van der Waals surface area contributed by atoms with Crippen molar-refractivity contribution in [3.63, 3.8) is 0 Å². The van der Waals surface area contributed by atoms with E-state index in [1.54, 1.807) is 6.92 Å². The molecule has 1 fully saturated rings. The molecular formula is C17H26N2O3. The average molecular weight is 306 g/mol. The predicted molar refractivity (Wildman–Crippen MR) is 85.9 cm³/mol. The summed E-state index contributed by atoms with van der Waals surface area (Å²) in [6, 6.07) is 7.61. The van der Waals surface area contributed by atoms with Crippen LogP contribution in [0.3, 0.4) is 0 Å². The van der Waals surface area contributed by atoms with Gasteiger partial charge in [-0.2, -0.15) is 0 Å². The lowest BCUT2D eigenvalue weighted by molar-refractivity contribution is 0.183. The Bertz CT molecular complexity index is 471. The molecule has 3 N–H and O–H groups in total. The van der Waals surface area contributed by atoms with Gasteiger partial charge in [-0.15, -0.1) is 0 Å². The van der Waals surface area contributed by atoms with Crippen LogP contribution in [0.15, 0.2) is 24.3 Å². The molecule has 5 nitrogen and oxygen atoms in total. The summed E-state index contributed by atoms with van der Waals surface area (Å²) in [4.78, 5) is 11.7. The van der Waals surface area contributed by atoms with Crippen molar-refractivity contribution in [1.29, 1.82) is 0 Å². The van der Waals surface area contributed by atoms with Crippen molar-refractivity contribution in [3.8, 4) is 5.75 Å². The summed E-state index contributed by atoms with van der Waals surface area (Å²) in [7, 11) is 0. The number of aliphatic hydroxyl groups is 1. The highest BCUT2D eigenvalue weighted by atomic mass is 16.5. The third-order valence-electron chi connectivity index (χ3n) is 3.86. The van der Waals surface area contributed by atoms with Crippen LogP contribution in [0.1, 0.15) is 44.6 Å². The number of benzene rings is 1. The van der Waals surface area contributed by atoms with Crippen LogP contribution in [0, 0.1) is 0 Å². The minimum Gasteiger partial charge on any atom is -0.490 e. The van der Waals surface area contributed by atoms with Crippen molar-refractivity contribution in [3.05, 3.63) is 29.8 Å². The van der Waals surface area contributed by atoms with Gasteiger partial charge in [0, 0.05) is 18.7 Å². The largest absolute Gasteiger partial charge is 0.490 e. The van der Waals surface area contributed by atoms with Crippen molar-refractivity contribution >= 4 is 6.03 Å². The van der Waals surface area contributed by atoms with Gasteiger partial charge < -0.3 is 20.5 Å². The zero-order valence-electron chi connectivity index (χ0n) is 13.2. The Balaban J connectivity index is 1.80. The van der Waals surface area contributed by atoms with E-state index >= 15 is 0 Å². The van der Waals surface area contributed by atoms with E-state index in [4.69, 9.17) is 9.84 Å². The fourth-order valence-corrected chi connectivity index (χ4v) is 2.58. The number of carbonyl (C=O) groups excluding carboxylic acids is 1. The Morgan fingerprint density at radius 1 is 1.32 bits per heavy atom. The second kappa shape index (κ2) is 8.63. The fourth-order valence-electron chi connectivity index (χ4n) is 2.58. The minimum absolute atomic E-state index is 0.226. The number of nitrogens with one attached hydrogen (secondary N) is 2. The molecule has 0 aromatic heterocycles. The molecule has 0 heterocycles. The van der Waals surface area contributed by atoms with E-state index in [1.807, 2.05) is 24.3 Å². The van der Waals surface area contributed by atoms with E-state index in [9.17, 15) is 4.79 Å². The van der Waals surface area contributed by atoms with E-state index in [-0.39, 0.29) is 6.03 Å². The minimum atomic E-state index is -0.402. The van der Waals surface area contributed by atoms with Gasteiger partial charge >= 0.3 is 6.03 Å². The summed E-state index contributed by atoms with van der Waals surface area (Å²) in [5.74, 6) is 0.860. The van der Waals surface area contributed by atoms with Crippen molar-refractivity contribution in [2.45, 2.75) is 57.8 Å². The second-order valence-electron chi connectivity index (χ2n) is 5.88. The molecule has 1 aliphatic carbocycles. The number of urea groups is 1. The van der Waals surface area contributed by atoms with Gasteiger partial charge in [0.25, 0.3) is 0 Å². The number of amides is 2. The molecule has 0 radical (unpaired) electrons. The molecule has 2 amide bonds. The number of rotatable bonds is 7.